The summed E-state index contributed by atoms with van der Waals surface area (Å²) in [7, 11) is 0. The van der Waals surface area contributed by atoms with Crippen LogP contribution >= 0.6 is 0 Å². The van der Waals surface area contributed by atoms with Crippen molar-refractivity contribution in [1.82, 2.24) is 19.7 Å². The lowest BCUT2D eigenvalue weighted by Crippen LogP contribution is -2.33. The Hall–Kier alpha value is -2.76. The summed E-state index contributed by atoms with van der Waals surface area (Å²) >= 11 is 0. The van der Waals surface area contributed by atoms with E-state index in [0.29, 0.717) is 22.2 Å². The van der Waals surface area contributed by atoms with Gasteiger partial charge < -0.3 is 4.90 Å². The Morgan fingerprint density at radius 1 is 1.30 bits per heavy atom. The summed E-state index contributed by atoms with van der Waals surface area (Å²) in [4.78, 5) is 19.7. The number of fused-ring (bicyclic) bond motifs is 1. The van der Waals surface area contributed by atoms with Crippen molar-refractivity contribution in [3.63, 3.8) is 0 Å². The number of aromatic nitrogens is 3. The fraction of sp³-hybridized carbons (Fsp3) is 0.381. The molecule has 1 aliphatic heterocycles. The van der Waals surface area contributed by atoms with E-state index in [1.54, 1.807) is 12.3 Å². The van der Waals surface area contributed by atoms with Gasteiger partial charge in [-0.25, -0.2) is 9.37 Å². The van der Waals surface area contributed by atoms with Gasteiger partial charge in [0.05, 0.1) is 23.0 Å². The molecular formula is C21H23FN4O. The van der Waals surface area contributed by atoms with Crippen LogP contribution in [0.2, 0.25) is 0 Å². The Balaban J connectivity index is 1.87. The maximum Gasteiger partial charge on any atom is 0.254 e. The lowest BCUT2D eigenvalue weighted by atomic mass is 10.0. The molecule has 1 atom stereocenters. The molecule has 1 unspecified atom stereocenters. The molecule has 4 rings (SSSR count). The van der Waals surface area contributed by atoms with E-state index in [1.807, 2.05) is 35.7 Å². The number of pyridine rings is 1. The minimum atomic E-state index is -0.363. The third kappa shape index (κ3) is 3.20. The van der Waals surface area contributed by atoms with Gasteiger partial charge in [-0.05, 0) is 51.8 Å². The largest absolute Gasteiger partial charge is 0.336 e. The zero-order valence-electron chi connectivity index (χ0n) is 15.8. The van der Waals surface area contributed by atoms with E-state index >= 15 is 0 Å². The first-order chi connectivity index (χ1) is 12.9. The number of carbonyl (C=O) groups excluding carboxylic acids is 1. The summed E-state index contributed by atoms with van der Waals surface area (Å²) in [6, 6.07) is 6.67. The van der Waals surface area contributed by atoms with E-state index in [1.165, 1.54) is 12.1 Å². The highest BCUT2D eigenvalue weighted by Gasteiger charge is 2.28. The number of rotatable bonds is 3. The number of carbonyl (C=O) groups is 1. The van der Waals surface area contributed by atoms with Gasteiger partial charge in [0.15, 0.2) is 0 Å². The molecule has 1 saturated heterocycles. The Morgan fingerprint density at radius 2 is 2.11 bits per heavy atom. The minimum absolute atomic E-state index is 0.0171. The average Bonchev–Trinajstić information content (AvgIpc) is 3.29. The Morgan fingerprint density at radius 3 is 2.78 bits per heavy atom. The lowest BCUT2D eigenvalue weighted by Gasteiger charge is -2.22. The summed E-state index contributed by atoms with van der Waals surface area (Å²) in [5, 5.41) is 5.04. The smallest absolute Gasteiger partial charge is 0.254 e. The molecule has 3 aromatic rings. The Kier molecular flexibility index (Phi) is 4.42. The van der Waals surface area contributed by atoms with Crippen molar-refractivity contribution in [3.8, 4) is 11.3 Å². The molecule has 2 aromatic heterocycles. The predicted molar refractivity (Wildman–Crippen MR) is 103 cm³/mol. The van der Waals surface area contributed by atoms with Crippen molar-refractivity contribution >= 4 is 16.8 Å². The Labute approximate surface area is 157 Å². The van der Waals surface area contributed by atoms with Crippen LogP contribution in [0.1, 0.15) is 50.0 Å². The van der Waals surface area contributed by atoms with Crippen LogP contribution in [0, 0.1) is 5.82 Å². The van der Waals surface area contributed by atoms with Crippen molar-refractivity contribution in [2.24, 2.45) is 0 Å². The first-order valence-corrected chi connectivity index (χ1v) is 9.40. The van der Waals surface area contributed by atoms with Crippen LogP contribution in [0.25, 0.3) is 22.2 Å². The molecule has 1 amide bonds. The van der Waals surface area contributed by atoms with E-state index in [2.05, 4.69) is 17.0 Å². The number of hydrogen-bond acceptors (Lipinski definition) is 3. The monoisotopic (exact) mass is 366 g/mol. The second-order valence-electron chi connectivity index (χ2n) is 7.51. The van der Waals surface area contributed by atoms with Crippen molar-refractivity contribution in [3.05, 3.63) is 48.0 Å². The normalized spacial score (nSPS) is 17.2. The van der Waals surface area contributed by atoms with Crippen molar-refractivity contribution in [2.75, 3.05) is 6.54 Å². The van der Waals surface area contributed by atoms with Gasteiger partial charge >= 0.3 is 0 Å². The predicted octanol–water partition coefficient (Wildman–Crippen LogP) is 4.44. The SMILES string of the molecule is CC1CCCN1C(=O)c1cc(-c2cnn(C(C)C)c2)nc2cc(F)ccc12. The molecule has 3 heterocycles. The lowest BCUT2D eigenvalue weighted by molar-refractivity contribution is 0.0749. The molecule has 1 aromatic carbocycles. The first-order valence-electron chi connectivity index (χ1n) is 9.40. The van der Waals surface area contributed by atoms with E-state index < -0.39 is 0 Å². The minimum Gasteiger partial charge on any atom is -0.336 e. The van der Waals surface area contributed by atoms with Crippen LogP contribution in [-0.4, -0.2) is 38.2 Å². The molecule has 0 bridgehead atoms. The summed E-state index contributed by atoms with van der Waals surface area (Å²) in [6.45, 7) is 6.92. The molecular weight excluding hydrogens is 343 g/mol. The van der Waals surface area contributed by atoms with Crippen LogP contribution < -0.4 is 0 Å². The number of hydrogen-bond donors (Lipinski definition) is 0. The highest BCUT2D eigenvalue weighted by atomic mass is 19.1. The summed E-state index contributed by atoms with van der Waals surface area (Å²) in [6.07, 6.45) is 5.67. The van der Waals surface area contributed by atoms with E-state index in [9.17, 15) is 9.18 Å². The molecule has 1 aliphatic rings. The number of benzene rings is 1. The van der Waals surface area contributed by atoms with Crippen molar-refractivity contribution < 1.29 is 9.18 Å². The molecule has 0 N–H and O–H groups in total. The average molecular weight is 366 g/mol. The third-order valence-corrected chi connectivity index (χ3v) is 5.24. The number of amides is 1. The first kappa shape index (κ1) is 17.6. The molecule has 1 fully saturated rings. The van der Waals surface area contributed by atoms with Gasteiger partial charge in [-0.2, -0.15) is 5.10 Å². The molecule has 0 aliphatic carbocycles. The maximum absolute atomic E-state index is 13.8. The molecule has 6 heteroatoms. The molecule has 5 nitrogen and oxygen atoms in total. The van der Waals surface area contributed by atoms with Crippen LogP contribution in [0.15, 0.2) is 36.7 Å². The van der Waals surface area contributed by atoms with Crippen LogP contribution in [0.4, 0.5) is 4.39 Å². The van der Waals surface area contributed by atoms with Crippen molar-refractivity contribution in [1.29, 1.82) is 0 Å². The highest BCUT2D eigenvalue weighted by Crippen LogP contribution is 2.29. The van der Waals surface area contributed by atoms with Gasteiger partial charge in [-0.3, -0.25) is 9.48 Å². The quantitative estimate of drug-likeness (QED) is 0.688. The van der Waals surface area contributed by atoms with Gasteiger partial charge in [-0.1, -0.05) is 0 Å². The summed E-state index contributed by atoms with van der Waals surface area (Å²) < 4.78 is 15.7. The summed E-state index contributed by atoms with van der Waals surface area (Å²) in [5.74, 6) is -0.380. The Bertz CT molecular complexity index is 1010. The zero-order valence-corrected chi connectivity index (χ0v) is 15.8. The van der Waals surface area contributed by atoms with Gasteiger partial charge in [0.2, 0.25) is 0 Å². The van der Waals surface area contributed by atoms with Gasteiger partial charge in [-0.15, -0.1) is 0 Å². The van der Waals surface area contributed by atoms with Crippen molar-refractivity contribution in [2.45, 2.75) is 45.7 Å². The van der Waals surface area contributed by atoms with E-state index in [4.69, 9.17) is 0 Å². The zero-order chi connectivity index (χ0) is 19.1. The molecule has 0 saturated carbocycles. The second kappa shape index (κ2) is 6.76. The van der Waals surface area contributed by atoms with Gasteiger partial charge in [0.1, 0.15) is 5.82 Å². The van der Waals surface area contributed by atoms with E-state index in [-0.39, 0.29) is 23.8 Å². The van der Waals surface area contributed by atoms with Crippen LogP contribution in [-0.2, 0) is 0 Å². The van der Waals surface area contributed by atoms with Crippen LogP contribution in [0.5, 0.6) is 0 Å². The molecule has 27 heavy (non-hydrogen) atoms. The highest BCUT2D eigenvalue weighted by molar-refractivity contribution is 6.07. The topological polar surface area (TPSA) is 51.0 Å². The van der Waals surface area contributed by atoms with Gasteiger partial charge in [0.25, 0.3) is 5.91 Å². The molecule has 0 spiro atoms. The van der Waals surface area contributed by atoms with E-state index in [0.717, 1.165) is 24.9 Å². The molecule has 140 valence electrons. The van der Waals surface area contributed by atoms with Gasteiger partial charge in [0, 0.05) is 41.8 Å². The standard InChI is InChI=1S/C21H23FN4O/c1-13(2)26-12-15(11-23-26)19-10-18(21(27)25-8-4-5-14(25)3)17-7-6-16(22)9-20(17)24-19/h6-7,9-14H,4-5,8H2,1-3H3. The maximum atomic E-state index is 13.8. The fourth-order valence-electron chi connectivity index (χ4n) is 3.67. The number of nitrogens with zero attached hydrogens (tertiary/aromatic N) is 4. The number of halogens is 1. The number of likely N-dealkylation sites (tertiary alicyclic amines) is 1. The molecule has 0 radical (unpaired) electrons. The third-order valence-electron chi connectivity index (χ3n) is 5.24. The van der Waals surface area contributed by atoms with Crippen LogP contribution in [0.3, 0.4) is 0 Å². The summed E-state index contributed by atoms with van der Waals surface area (Å²) in [5.41, 5.74) is 2.51. The second-order valence-corrected chi connectivity index (χ2v) is 7.51. The fourth-order valence-corrected chi connectivity index (χ4v) is 3.67.